The van der Waals surface area contributed by atoms with Crippen molar-refractivity contribution in [2.45, 2.75) is 45.1 Å². The lowest BCUT2D eigenvalue weighted by Gasteiger charge is -2.07. The van der Waals surface area contributed by atoms with Gasteiger partial charge in [0.15, 0.2) is 0 Å². The Morgan fingerprint density at radius 1 is 1.30 bits per heavy atom. The minimum atomic E-state index is -0.228. The maximum absolute atomic E-state index is 12.1. The molecule has 2 amide bonds. The molecule has 124 valence electrons. The molecule has 0 aliphatic heterocycles. The van der Waals surface area contributed by atoms with E-state index in [0.29, 0.717) is 12.5 Å². The Hall–Kier alpha value is -2.31. The summed E-state index contributed by atoms with van der Waals surface area (Å²) >= 11 is 0. The van der Waals surface area contributed by atoms with E-state index in [1.54, 1.807) is 15.6 Å². The van der Waals surface area contributed by atoms with Gasteiger partial charge in [0, 0.05) is 43.9 Å². The first kappa shape index (κ1) is 15.6. The topological polar surface area (TPSA) is 76.8 Å². The zero-order valence-electron chi connectivity index (χ0n) is 14.0. The summed E-state index contributed by atoms with van der Waals surface area (Å²) in [7, 11) is 3.75. The maximum atomic E-state index is 12.1. The number of carbonyl (C=O) groups is 1. The van der Waals surface area contributed by atoms with E-state index in [-0.39, 0.29) is 6.03 Å². The second kappa shape index (κ2) is 6.44. The molecule has 0 saturated heterocycles. The molecule has 2 N–H and O–H groups in total. The molecule has 0 aromatic carbocycles. The molecule has 3 rings (SSSR count). The number of hydrogen-bond donors (Lipinski definition) is 2. The van der Waals surface area contributed by atoms with Gasteiger partial charge in [0.1, 0.15) is 5.82 Å². The first-order valence-electron chi connectivity index (χ1n) is 8.11. The Kier molecular flexibility index (Phi) is 4.36. The molecule has 7 nitrogen and oxygen atoms in total. The van der Waals surface area contributed by atoms with Crippen molar-refractivity contribution in [1.82, 2.24) is 24.9 Å². The summed E-state index contributed by atoms with van der Waals surface area (Å²) in [6.07, 6.45) is 6.72. The van der Waals surface area contributed by atoms with Gasteiger partial charge < -0.3 is 5.32 Å². The van der Waals surface area contributed by atoms with Crippen molar-refractivity contribution < 1.29 is 4.79 Å². The Bertz CT molecular complexity index is 695. The van der Waals surface area contributed by atoms with E-state index in [9.17, 15) is 4.79 Å². The highest BCUT2D eigenvalue weighted by Gasteiger charge is 2.21. The van der Waals surface area contributed by atoms with Gasteiger partial charge in [0.2, 0.25) is 0 Å². The van der Waals surface area contributed by atoms with E-state index >= 15 is 0 Å². The van der Waals surface area contributed by atoms with E-state index in [1.807, 2.05) is 27.1 Å². The number of anilines is 1. The molecular formula is C16H24N6O. The number of carbonyl (C=O) groups excluding carboxylic acids is 1. The summed E-state index contributed by atoms with van der Waals surface area (Å²) in [6.45, 7) is 2.44. The highest BCUT2D eigenvalue weighted by molar-refractivity contribution is 5.88. The molecule has 7 heteroatoms. The minimum absolute atomic E-state index is 0.228. The third-order valence-corrected chi connectivity index (χ3v) is 4.69. The van der Waals surface area contributed by atoms with Crippen molar-refractivity contribution in [1.29, 1.82) is 0 Å². The molecule has 1 saturated carbocycles. The van der Waals surface area contributed by atoms with Crippen molar-refractivity contribution >= 4 is 11.8 Å². The van der Waals surface area contributed by atoms with Crippen LogP contribution >= 0.6 is 0 Å². The number of rotatable bonds is 4. The standard InChI is InChI=1S/C16H24N6O/c1-11-13(10-18-21(11)2)9-17-16(23)19-15-8-14(20-22(15)3)12-6-4-5-7-12/h8,10,12H,4-7,9H2,1-3H3,(H2,17,19,23). The Balaban J connectivity index is 1.58. The molecule has 1 aliphatic rings. The van der Waals surface area contributed by atoms with Crippen LogP contribution in [0.15, 0.2) is 12.3 Å². The van der Waals surface area contributed by atoms with Crippen LogP contribution < -0.4 is 10.6 Å². The van der Waals surface area contributed by atoms with Crippen LogP contribution in [0, 0.1) is 6.92 Å². The minimum Gasteiger partial charge on any atom is -0.334 e. The van der Waals surface area contributed by atoms with Gasteiger partial charge in [0.05, 0.1) is 11.9 Å². The van der Waals surface area contributed by atoms with Gasteiger partial charge in [-0.25, -0.2) is 4.79 Å². The largest absolute Gasteiger partial charge is 0.334 e. The van der Waals surface area contributed by atoms with Gasteiger partial charge in [-0.3, -0.25) is 14.7 Å². The van der Waals surface area contributed by atoms with Crippen LogP contribution in [0.5, 0.6) is 0 Å². The zero-order valence-corrected chi connectivity index (χ0v) is 14.0. The van der Waals surface area contributed by atoms with E-state index in [4.69, 9.17) is 0 Å². The quantitative estimate of drug-likeness (QED) is 0.909. The fourth-order valence-electron chi connectivity index (χ4n) is 3.08. The van der Waals surface area contributed by atoms with Crippen LogP contribution in [0.1, 0.15) is 48.6 Å². The van der Waals surface area contributed by atoms with Gasteiger partial charge >= 0.3 is 6.03 Å². The third-order valence-electron chi connectivity index (χ3n) is 4.69. The molecule has 2 aromatic rings. The van der Waals surface area contributed by atoms with Gasteiger partial charge in [-0.1, -0.05) is 12.8 Å². The van der Waals surface area contributed by atoms with Crippen LogP contribution in [0.3, 0.4) is 0 Å². The van der Waals surface area contributed by atoms with Gasteiger partial charge in [0.25, 0.3) is 0 Å². The van der Waals surface area contributed by atoms with Crippen LogP contribution in [0.25, 0.3) is 0 Å². The van der Waals surface area contributed by atoms with Crippen molar-refractivity contribution in [2.24, 2.45) is 14.1 Å². The summed E-state index contributed by atoms with van der Waals surface area (Å²) in [4.78, 5) is 12.1. The number of aryl methyl sites for hydroxylation is 2. The van der Waals surface area contributed by atoms with Crippen molar-refractivity contribution in [3.8, 4) is 0 Å². The summed E-state index contributed by atoms with van der Waals surface area (Å²) in [5, 5.41) is 14.4. The molecule has 0 bridgehead atoms. The molecule has 2 heterocycles. The molecule has 0 atom stereocenters. The van der Waals surface area contributed by atoms with Crippen molar-refractivity contribution in [3.63, 3.8) is 0 Å². The third kappa shape index (κ3) is 3.38. The molecule has 0 unspecified atom stereocenters. The predicted octanol–water partition coefficient (Wildman–Crippen LogP) is 2.44. The molecule has 1 fully saturated rings. The summed E-state index contributed by atoms with van der Waals surface area (Å²) < 4.78 is 3.53. The van der Waals surface area contributed by atoms with Gasteiger partial charge in [-0.15, -0.1) is 0 Å². The maximum Gasteiger partial charge on any atom is 0.320 e. The van der Waals surface area contributed by atoms with Crippen molar-refractivity contribution in [3.05, 3.63) is 29.2 Å². The van der Waals surface area contributed by atoms with E-state index in [1.165, 1.54) is 25.7 Å². The molecule has 0 spiro atoms. The zero-order chi connectivity index (χ0) is 16.4. The summed E-state index contributed by atoms with van der Waals surface area (Å²) in [6, 6.07) is 1.76. The number of hydrogen-bond acceptors (Lipinski definition) is 3. The lowest BCUT2D eigenvalue weighted by molar-refractivity contribution is 0.251. The Morgan fingerprint density at radius 2 is 2.04 bits per heavy atom. The number of nitrogens with zero attached hydrogens (tertiary/aromatic N) is 4. The molecule has 23 heavy (non-hydrogen) atoms. The number of urea groups is 1. The average Bonchev–Trinajstić information content (AvgIpc) is 3.22. The predicted molar refractivity (Wildman–Crippen MR) is 88.2 cm³/mol. The van der Waals surface area contributed by atoms with Crippen LogP contribution in [-0.2, 0) is 20.6 Å². The molecular weight excluding hydrogens is 292 g/mol. The lowest BCUT2D eigenvalue weighted by atomic mass is 10.0. The molecule has 0 radical (unpaired) electrons. The van der Waals surface area contributed by atoms with Crippen LogP contribution in [0.2, 0.25) is 0 Å². The normalized spacial score (nSPS) is 15.1. The second-order valence-corrected chi connectivity index (χ2v) is 6.25. The SMILES string of the molecule is Cc1c(CNC(=O)Nc2cc(C3CCCC3)nn2C)cnn1C. The Labute approximate surface area is 136 Å². The van der Waals surface area contributed by atoms with Gasteiger partial charge in [-0.2, -0.15) is 10.2 Å². The van der Waals surface area contributed by atoms with Gasteiger partial charge in [-0.05, 0) is 19.8 Å². The molecule has 2 aromatic heterocycles. The summed E-state index contributed by atoms with van der Waals surface area (Å²) in [5.74, 6) is 1.27. The first-order chi connectivity index (χ1) is 11.0. The summed E-state index contributed by atoms with van der Waals surface area (Å²) in [5.41, 5.74) is 3.15. The highest BCUT2D eigenvalue weighted by Crippen LogP contribution is 2.34. The fraction of sp³-hybridized carbons (Fsp3) is 0.562. The monoisotopic (exact) mass is 316 g/mol. The van der Waals surface area contributed by atoms with E-state index in [0.717, 1.165) is 22.8 Å². The highest BCUT2D eigenvalue weighted by atomic mass is 16.2. The van der Waals surface area contributed by atoms with E-state index in [2.05, 4.69) is 20.8 Å². The number of aromatic nitrogens is 4. The second-order valence-electron chi connectivity index (χ2n) is 6.25. The van der Waals surface area contributed by atoms with E-state index < -0.39 is 0 Å². The Morgan fingerprint density at radius 3 is 2.70 bits per heavy atom. The van der Waals surface area contributed by atoms with Crippen LogP contribution in [0.4, 0.5) is 10.6 Å². The number of amides is 2. The fourth-order valence-corrected chi connectivity index (χ4v) is 3.08. The number of nitrogens with one attached hydrogen (secondary N) is 2. The molecule has 1 aliphatic carbocycles. The van der Waals surface area contributed by atoms with Crippen LogP contribution in [-0.4, -0.2) is 25.6 Å². The lowest BCUT2D eigenvalue weighted by Crippen LogP contribution is -2.29. The average molecular weight is 316 g/mol. The first-order valence-corrected chi connectivity index (χ1v) is 8.11. The van der Waals surface area contributed by atoms with Crippen molar-refractivity contribution in [2.75, 3.05) is 5.32 Å². The smallest absolute Gasteiger partial charge is 0.320 e.